The van der Waals surface area contributed by atoms with Gasteiger partial charge in [-0.1, -0.05) is 19.4 Å². The van der Waals surface area contributed by atoms with Gasteiger partial charge in [0.05, 0.1) is 6.10 Å². The minimum Gasteiger partial charge on any atom is -0.388 e. The summed E-state index contributed by atoms with van der Waals surface area (Å²) >= 11 is 1.74. The molecule has 2 aromatic rings. The molecule has 0 aliphatic rings. The average Bonchev–Trinajstić information content (AvgIpc) is 2.64. The number of rotatable bonds is 3. The number of fused-ring (bicyclic) bond motifs is 1. The number of benzene rings is 1. The van der Waals surface area contributed by atoms with Crippen LogP contribution in [0.5, 0.6) is 0 Å². The molecule has 1 N–H and O–H groups in total. The lowest BCUT2D eigenvalue weighted by Gasteiger charge is -2.09. The van der Waals surface area contributed by atoms with E-state index in [0.29, 0.717) is 0 Å². The van der Waals surface area contributed by atoms with Gasteiger partial charge in [-0.25, -0.2) is 0 Å². The van der Waals surface area contributed by atoms with E-state index in [-0.39, 0.29) is 6.10 Å². The van der Waals surface area contributed by atoms with Crippen LogP contribution < -0.4 is 0 Å². The summed E-state index contributed by atoms with van der Waals surface area (Å²) in [6.45, 7) is 2.09. The lowest BCUT2D eigenvalue weighted by atomic mass is 10.0. The zero-order chi connectivity index (χ0) is 9.97. The quantitative estimate of drug-likeness (QED) is 0.811. The minimum absolute atomic E-state index is 0.302. The van der Waals surface area contributed by atoms with Crippen LogP contribution in [0.25, 0.3) is 10.1 Å². The van der Waals surface area contributed by atoms with E-state index in [1.165, 1.54) is 10.1 Å². The van der Waals surface area contributed by atoms with E-state index in [1.54, 1.807) is 11.3 Å². The van der Waals surface area contributed by atoms with Crippen molar-refractivity contribution in [2.45, 2.75) is 25.9 Å². The third-order valence-electron chi connectivity index (χ3n) is 2.42. The third-order valence-corrected chi connectivity index (χ3v) is 3.32. The van der Waals surface area contributed by atoms with Gasteiger partial charge in [-0.3, -0.25) is 0 Å². The van der Waals surface area contributed by atoms with Gasteiger partial charge in [-0.2, -0.15) is 0 Å². The summed E-state index contributed by atoms with van der Waals surface area (Å²) in [5, 5.41) is 13.1. The van der Waals surface area contributed by atoms with Crippen molar-refractivity contribution < 1.29 is 5.11 Å². The Morgan fingerprint density at radius 3 is 3.00 bits per heavy atom. The van der Waals surface area contributed by atoms with Gasteiger partial charge in [0.2, 0.25) is 0 Å². The Balaban J connectivity index is 2.33. The normalized spacial score (nSPS) is 13.3. The molecule has 0 fully saturated rings. The largest absolute Gasteiger partial charge is 0.388 e. The van der Waals surface area contributed by atoms with E-state index in [9.17, 15) is 5.11 Å². The van der Waals surface area contributed by atoms with Crippen LogP contribution in [0, 0.1) is 0 Å². The smallest absolute Gasteiger partial charge is 0.0790 e. The molecule has 0 radical (unpaired) electrons. The van der Waals surface area contributed by atoms with Crippen LogP contribution >= 0.6 is 11.3 Å². The zero-order valence-electron chi connectivity index (χ0n) is 8.23. The Morgan fingerprint density at radius 2 is 2.21 bits per heavy atom. The second-order valence-electron chi connectivity index (χ2n) is 3.52. The predicted octanol–water partition coefficient (Wildman–Crippen LogP) is 3.73. The lowest BCUT2D eigenvalue weighted by molar-refractivity contribution is 0.166. The molecule has 0 bridgehead atoms. The second-order valence-corrected chi connectivity index (χ2v) is 4.47. The highest BCUT2D eigenvalue weighted by Gasteiger charge is 2.06. The highest BCUT2D eigenvalue weighted by atomic mass is 32.1. The predicted molar refractivity (Wildman–Crippen MR) is 61.7 cm³/mol. The highest BCUT2D eigenvalue weighted by molar-refractivity contribution is 7.17. The molecule has 14 heavy (non-hydrogen) atoms. The van der Waals surface area contributed by atoms with E-state index in [0.717, 1.165) is 18.4 Å². The molecule has 0 saturated carbocycles. The zero-order valence-corrected chi connectivity index (χ0v) is 9.05. The molecule has 0 saturated heterocycles. The van der Waals surface area contributed by atoms with Crippen molar-refractivity contribution in [2.75, 3.05) is 0 Å². The van der Waals surface area contributed by atoms with Crippen molar-refractivity contribution in [3.63, 3.8) is 0 Å². The van der Waals surface area contributed by atoms with Gasteiger partial charge >= 0.3 is 0 Å². The summed E-state index contributed by atoms with van der Waals surface area (Å²) in [5.41, 5.74) is 1.04. The SMILES string of the molecule is CCCC(O)c1ccc2sccc2c1. The fraction of sp³-hybridized carbons (Fsp3) is 0.333. The Bertz CT molecular complexity index is 419. The molecule has 1 aromatic heterocycles. The van der Waals surface area contributed by atoms with Crippen LogP contribution in [0.3, 0.4) is 0 Å². The summed E-state index contributed by atoms with van der Waals surface area (Å²) < 4.78 is 1.29. The van der Waals surface area contributed by atoms with Crippen molar-refractivity contribution in [3.8, 4) is 0 Å². The van der Waals surface area contributed by atoms with Crippen LogP contribution in [0.4, 0.5) is 0 Å². The first kappa shape index (κ1) is 9.69. The number of aliphatic hydroxyl groups excluding tert-OH is 1. The summed E-state index contributed by atoms with van der Waals surface area (Å²) in [6, 6.07) is 8.31. The fourth-order valence-electron chi connectivity index (χ4n) is 1.63. The van der Waals surface area contributed by atoms with E-state index in [2.05, 4.69) is 30.5 Å². The van der Waals surface area contributed by atoms with Gasteiger partial charge in [0.25, 0.3) is 0 Å². The van der Waals surface area contributed by atoms with Crippen LogP contribution in [-0.2, 0) is 0 Å². The average molecular weight is 206 g/mol. The Morgan fingerprint density at radius 1 is 1.36 bits per heavy atom. The van der Waals surface area contributed by atoms with Crippen LogP contribution in [0.2, 0.25) is 0 Å². The summed E-state index contributed by atoms with van der Waals surface area (Å²) in [6.07, 6.45) is 1.56. The van der Waals surface area contributed by atoms with E-state index in [4.69, 9.17) is 0 Å². The molecule has 0 spiro atoms. The Hall–Kier alpha value is -0.860. The Labute approximate surface area is 88.0 Å². The number of hydrogen-bond donors (Lipinski definition) is 1. The molecule has 0 aliphatic carbocycles. The number of thiophene rings is 1. The highest BCUT2D eigenvalue weighted by Crippen LogP contribution is 2.26. The first-order valence-corrected chi connectivity index (χ1v) is 5.84. The van der Waals surface area contributed by atoms with Crippen molar-refractivity contribution in [2.24, 2.45) is 0 Å². The maximum absolute atomic E-state index is 9.82. The molecule has 1 atom stereocenters. The van der Waals surface area contributed by atoms with E-state index in [1.807, 2.05) is 6.07 Å². The van der Waals surface area contributed by atoms with Gasteiger partial charge in [-0.05, 0) is 40.9 Å². The van der Waals surface area contributed by atoms with Gasteiger partial charge in [0.15, 0.2) is 0 Å². The third kappa shape index (κ3) is 1.81. The maximum atomic E-state index is 9.82. The van der Waals surface area contributed by atoms with E-state index >= 15 is 0 Å². The van der Waals surface area contributed by atoms with Crippen molar-refractivity contribution in [3.05, 3.63) is 35.2 Å². The van der Waals surface area contributed by atoms with Crippen molar-refractivity contribution in [1.29, 1.82) is 0 Å². The summed E-state index contributed by atoms with van der Waals surface area (Å²) in [4.78, 5) is 0. The summed E-state index contributed by atoms with van der Waals surface area (Å²) in [5.74, 6) is 0. The molecule has 1 heterocycles. The van der Waals surface area contributed by atoms with Crippen LogP contribution in [-0.4, -0.2) is 5.11 Å². The fourth-order valence-corrected chi connectivity index (χ4v) is 2.40. The lowest BCUT2D eigenvalue weighted by Crippen LogP contribution is -1.95. The molecule has 2 heteroatoms. The van der Waals surface area contributed by atoms with Crippen LogP contribution in [0.1, 0.15) is 31.4 Å². The maximum Gasteiger partial charge on any atom is 0.0790 e. The molecule has 2 rings (SSSR count). The monoisotopic (exact) mass is 206 g/mol. The van der Waals surface area contributed by atoms with Gasteiger partial charge < -0.3 is 5.11 Å². The van der Waals surface area contributed by atoms with Gasteiger partial charge in [0.1, 0.15) is 0 Å². The molecular weight excluding hydrogens is 192 g/mol. The standard InChI is InChI=1S/C12H14OS/c1-2-3-11(13)9-4-5-12-10(8-9)6-7-14-12/h4-8,11,13H,2-3H2,1H3. The molecule has 1 aromatic carbocycles. The second kappa shape index (κ2) is 4.11. The molecule has 1 nitrogen and oxygen atoms in total. The first-order chi connectivity index (χ1) is 6.81. The minimum atomic E-state index is -0.302. The molecule has 0 aliphatic heterocycles. The number of aliphatic hydroxyl groups is 1. The Kier molecular flexibility index (Phi) is 2.85. The molecular formula is C12H14OS. The van der Waals surface area contributed by atoms with Crippen molar-refractivity contribution >= 4 is 21.4 Å². The molecule has 1 unspecified atom stereocenters. The molecule has 74 valence electrons. The number of hydrogen-bond acceptors (Lipinski definition) is 2. The molecule has 0 amide bonds. The first-order valence-electron chi connectivity index (χ1n) is 4.96. The van der Waals surface area contributed by atoms with Gasteiger partial charge in [-0.15, -0.1) is 11.3 Å². The van der Waals surface area contributed by atoms with E-state index < -0.39 is 0 Å². The van der Waals surface area contributed by atoms with Crippen LogP contribution in [0.15, 0.2) is 29.6 Å². The topological polar surface area (TPSA) is 20.2 Å². The van der Waals surface area contributed by atoms with Gasteiger partial charge in [0, 0.05) is 4.70 Å². The summed E-state index contributed by atoms with van der Waals surface area (Å²) in [7, 11) is 0. The van der Waals surface area contributed by atoms with Crippen molar-refractivity contribution in [1.82, 2.24) is 0 Å².